The summed E-state index contributed by atoms with van der Waals surface area (Å²) < 4.78 is 0. The number of hydroxylamine groups is 1. The molecule has 0 bridgehead atoms. The lowest BCUT2D eigenvalue weighted by Gasteiger charge is -2.32. The molecular formula is C12H13ClN2O3. The molecule has 1 aliphatic heterocycles. The molecule has 1 aliphatic rings. The summed E-state index contributed by atoms with van der Waals surface area (Å²) in [6.07, 6.45) is -0.693. The van der Waals surface area contributed by atoms with Gasteiger partial charge in [-0.05, 0) is 24.1 Å². The van der Waals surface area contributed by atoms with Crippen molar-refractivity contribution in [1.82, 2.24) is 5.32 Å². The minimum atomic E-state index is -0.693. The number of anilines is 1. The lowest BCUT2D eigenvalue weighted by atomic mass is 10.1. The Morgan fingerprint density at radius 2 is 2.11 bits per heavy atom. The van der Waals surface area contributed by atoms with Gasteiger partial charge in [0.15, 0.2) is 6.10 Å². The predicted octanol–water partition coefficient (Wildman–Crippen LogP) is 2.35. The van der Waals surface area contributed by atoms with Crippen LogP contribution in [0.25, 0.3) is 0 Å². The van der Waals surface area contributed by atoms with Crippen molar-refractivity contribution in [2.45, 2.75) is 20.0 Å². The lowest BCUT2D eigenvalue weighted by Crippen LogP contribution is -2.57. The standard InChI is InChI=1S/C12H13ClN2O3/c1-7(2)10-11(16)14-12(17)15(18-10)9-5-3-4-8(13)6-9/h3-7,10H,1-2H3,(H,14,16,17). The Hall–Kier alpha value is -1.59. The van der Waals surface area contributed by atoms with Gasteiger partial charge in [-0.2, -0.15) is 5.06 Å². The minimum absolute atomic E-state index is 0.0419. The number of rotatable bonds is 2. The largest absolute Gasteiger partial charge is 0.352 e. The Labute approximate surface area is 110 Å². The Kier molecular flexibility index (Phi) is 3.54. The maximum absolute atomic E-state index is 11.7. The zero-order chi connectivity index (χ0) is 13.3. The van der Waals surface area contributed by atoms with Gasteiger partial charge in [0, 0.05) is 5.02 Å². The number of benzene rings is 1. The molecule has 1 saturated heterocycles. The molecule has 3 amide bonds. The predicted molar refractivity (Wildman–Crippen MR) is 67.2 cm³/mol. The maximum Gasteiger partial charge on any atom is 0.352 e. The van der Waals surface area contributed by atoms with E-state index in [1.165, 1.54) is 0 Å². The number of urea groups is 1. The van der Waals surface area contributed by atoms with Crippen molar-refractivity contribution in [3.63, 3.8) is 0 Å². The first-order chi connectivity index (χ1) is 8.49. The molecule has 0 aromatic heterocycles. The molecule has 96 valence electrons. The van der Waals surface area contributed by atoms with E-state index in [2.05, 4.69) is 5.32 Å². The minimum Gasteiger partial charge on any atom is -0.273 e. The van der Waals surface area contributed by atoms with Gasteiger partial charge in [-0.25, -0.2) is 4.79 Å². The van der Waals surface area contributed by atoms with Gasteiger partial charge in [-0.3, -0.25) is 14.9 Å². The van der Waals surface area contributed by atoms with Crippen LogP contribution >= 0.6 is 11.6 Å². The van der Waals surface area contributed by atoms with Gasteiger partial charge >= 0.3 is 6.03 Å². The fourth-order valence-corrected chi connectivity index (χ4v) is 1.83. The number of amides is 3. The van der Waals surface area contributed by atoms with Gasteiger partial charge in [0.2, 0.25) is 0 Å². The molecule has 0 saturated carbocycles. The highest BCUT2D eigenvalue weighted by Gasteiger charge is 2.36. The number of carbonyl (C=O) groups is 2. The molecule has 2 rings (SSSR count). The fraction of sp³-hybridized carbons (Fsp3) is 0.333. The summed E-state index contributed by atoms with van der Waals surface area (Å²) in [6.45, 7) is 3.69. The number of hydrogen-bond acceptors (Lipinski definition) is 3. The normalized spacial score (nSPS) is 20.2. The van der Waals surface area contributed by atoms with Crippen LogP contribution in [-0.2, 0) is 9.63 Å². The van der Waals surface area contributed by atoms with E-state index >= 15 is 0 Å². The third-order valence-electron chi connectivity index (χ3n) is 2.54. The zero-order valence-electron chi connectivity index (χ0n) is 10.0. The van der Waals surface area contributed by atoms with E-state index in [9.17, 15) is 9.59 Å². The van der Waals surface area contributed by atoms with Crippen molar-refractivity contribution in [2.75, 3.05) is 5.06 Å². The lowest BCUT2D eigenvalue weighted by molar-refractivity contribution is -0.138. The second-order valence-corrected chi connectivity index (χ2v) is 4.78. The number of halogens is 1. The molecule has 1 aromatic rings. The van der Waals surface area contributed by atoms with E-state index in [1.54, 1.807) is 24.3 Å². The average molecular weight is 269 g/mol. The van der Waals surface area contributed by atoms with Crippen LogP contribution in [0.15, 0.2) is 24.3 Å². The highest BCUT2D eigenvalue weighted by Crippen LogP contribution is 2.24. The maximum atomic E-state index is 11.7. The number of carbonyl (C=O) groups excluding carboxylic acids is 2. The molecule has 5 nitrogen and oxygen atoms in total. The van der Waals surface area contributed by atoms with Gasteiger partial charge in [-0.15, -0.1) is 0 Å². The molecule has 18 heavy (non-hydrogen) atoms. The average Bonchev–Trinajstić information content (AvgIpc) is 2.28. The second kappa shape index (κ2) is 4.96. The Morgan fingerprint density at radius 1 is 1.39 bits per heavy atom. The zero-order valence-corrected chi connectivity index (χ0v) is 10.8. The number of nitrogens with zero attached hydrogens (tertiary/aromatic N) is 1. The van der Waals surface area contributed by atoms with E-state index in [-0.39, 0.29) is 5.92 Å². The second-order valence-electron chi connectivity index (χ2n) is 4.34. The van der Waals surface area contributed by atoms with E-state index in [0.717, 1.165) is 5.06 Å². The van der Waals surface area contributed by atoms with Crippen molar-refractivity contribution in [2.24, 2.45) is 5.92 Å². The van der Waals surface area contributed by atoms with E-state index in [0.29, 0.717) is 10.7 Å². The van der Waals surface area contributed by atoms with Gasteiger partial charge < -0.3 is 0 Å². The van der Waals surface area contributed by atoms with Crippen LogP contribution in [0.1, 0.15) is 13.8 Å². The molecule has 0 aliphatic carbocycles. The van der Waals surface area contributed by atoms with Crippen LogP contribution in [0.4, 0.5) is 10.5 Å². The van der Waals surface area contributed by atoms with Gasteiger partial charge in [0.1, 0.15) is 0 Å². The molecule has 1 unspecified atom stereocenters. The molecule has 6 heteroatoms. The first-order valence-corrected chi connectivity index (χ1v) is 5.94. The van der Waals surface area contributed by atoms with Crippen LogP contribution in [0.5, 0.6) is 0 Å². The number of imide groups is 1. The first-order valence-electron chi connectivity index (χ1n) is 5.56. The van der Waals surface area contributed by atoms with Crippen LogP contribution < -0.4 is 10.4 Å². The Bertz CT molecular complexity index is 490. The molecular weight excluding hydrogens is 256 g/mol. The molecule has 1 fully saturated rings. The summed E-state index contributed by atoms with van der Waals surface area (Å²) in [5, 5.41) is 3.80. The molecule has 1 atom stereocenters. The molecule has 1 aromatic carbocycles. The molecule has 0 spiro atoms. The Balaban J connectivity index is 2.27. The van der Waals surface area contributed by atoms with Crippen LogP contribution in [0, 0.1) is 5.92 Å². The van der Waals surface area contributed by atoms with Crippen molar-refractivity contribution in [1.29, 1.82) is 0 Å². The van der Waals surface area contributed by atoms with Gasteiger partial charge in [-0.1, -0.05) is 31.5 Å². The van der Waals surface area contributed by atoms with E-state index in [1.807, 2.05) is 13.8 Å². The number of nitrogens with one attached hydrogen (secondary N) is 1. The van der Waals surface area contributed by atoms with Gasteiger partial charge in [0.05, 0.1) is 5.69 Å². The fourth-order valence-electron chi connectivity index (χ4n) is 1.64. The monoisotopic (exact) mass is 268 g/mol. The summed E-state index contributed by atoms with van der Waals surface area (Å²) in [6, 6.07) is 6.05. The van der Waals surface area contributed by atoms with Crippen molar-refractivity contribution in [3.8, 4) is 0 Å². The Morgan fingerprint density at radius 3 is 2.72 bits per heavy atom. The van der Waals surface area contributed by atoms with Crippen molar-refractivity contribution < 1.29 is 14.4 Å². The quantitative estimate of drug-likeness (QED) is 0.896. The summed E-state index contributed by atoms with van der Waals surface area (Å²) >= 11 is 5.86. The van der Waals surface area contributed by atoms with Crippen LogP contribution in [0.2, 0.25) is 5.02 Å². The third kappa shape index (κ3) is 2.47. The first kappa shape index (κ1) is 12.9. The summed E-state index contributed by atoms with van der Waals surface area (Å²) in [5.41, 5.74) is 0.484. The van der Waals surface area contributed by atoms with Crippen LogP contribution in [-0.4, -0.2) is 18.0 Å². The summed E-state index contributed by atoms with van der Waals surface area (Å²) in [5.74, 6) is -0.465. The SMILES string of the molecule is CC(C)C1ON(c2cccc(Cl)c2)C(=O)NC1=O. The summed E-state index contributed by atoms with van der Waals surface area (Å²) in [7, 11) is 0. The molecule has 1 N–H and O–H groups in total. The number of hydrogen-bond donors (Lipinski definition) is 1. The highest BCUT2D eigenvalue weighted by atomic mass is 35.5. The third-order valence-corrected chi connectivity index (χ3v) is 2.78. The molecule has 0 radical (unpaired) electrons. The van der Waals surface area contributed by atoms with Crippen molar-refractivity contribution in [3.05, 3.63) is 29.3 Å². The summed E-state index contributed by atoms with van der Waals surface area (Å²) in [4.78, 5) is 28.7. The van der Waals surface area contributed by atoms with E-state index in [4.69, 9.17) is 16.4 Å². The highest BCUT2D eigenvalue weighted by molar-refractivity contribution is 6.30. The topological polar surface area (TPSA) is 58.6 Å². The van der Waals surface area contributed by atoms with E-state index < -0.39 is 18.0 Å². The van der Waals surface area contributed by atoms with Crippen LogP contribution in [0.3, 0.4) is 0 Å². The van der Waals surface area contributed by atoms with Gasteiger partial charge in [0.25, 0.3) is 5.91 Å². The van der Waals surface area contributed by atoms with Crippen molar-refractivity contribution >= 4 is 29.2 Å². The molecule has 1 heterocycles. The smallest absolute Gasteiger partial charge is 0.273 e.